The number of hydrogen-bond donors (Lipinski definition) is 0. The second kappa shape index (κ2) is 6.05. The van der Waals surface area contributed by atoms with E-state index in [0.717, 1.165) is 6.42 Å². The molecule has 3 rings (SSSR count). The molecule has 0 heteroatoms. The Labute approximate surface area is 129 Å². The van der Waals surface area contributed by atoms with Crippen LogP contribution in [0.3, 0.4) is 0 Å². The zero-order valence-corrected chi connectivity index (χ0v) is 13.5. The zero-order valence-electron chi connectivity index (χ0n) is 13.5. The molecule has 3 atom stereocenters. The minimum Gasteiger partial charge on any atom is -0.0811 e. The predicted molar refractivity (Wildman–Crippen MR) is 92.0 cm³/mol. The molecule has 0 saturated carbocycles. The first-order valence-electron chi connectivity index (χ1n) is 8.24. The smallest absolute Gasteiger partial charge is 0.00579 e. The fourth-order valence-electron chi connectivity index (χ4n) is 3.47. The van der Waals surface area contributed by atoms with Gasteiger partial charge in [0.05, 0.1) is 0 Å². The highest BCUT2D eigenvalue weighted by molar-refractivity contribution is 5.41. The Morgan fingerprint density at radius 3 is 2.43 bits per heavy atom. The summed E-state index contributed by atoms with van der Waals surface area (Å²) in [7, 11) is 0. The maximum absolute atomic E-state index is 2.52. The van der Waals surface area contributed by atoms with Crippen molar-refractivity contribution in [3.05, 3.63) is 70.9 Å². The summed E-state index contributed by atoms with van der Waals surface area (Å²) in [6.07, 6.45) is 22.6. The van der Waals surface area contributed by atoms with Gasteiger partial charge in [-0.1, -0.05) is 66.7 Å². The normalized spacial score (nSPS) is 32.2. The summed E-state index contributed by atoms with van der Waals surface area (Å²) >= 11 is 0. The molecule has 0 saturated heterocycles. The molecule has 3 unspecified atom stereocenters. The summed E-state index contributed by atoms with van der Waals surface area (Å²) in [4.78, 5) is 0. The minimum atomic E-state index is 0.568. The van der Waals surface area contributed by atoms with Crippen LogP contribution in [0.5, 0.6) is 0 Å². The standard InChI is InChI=1S/C21H26/c1-15-4-8-18(9-5-15)20-12-17(3)13-21(14-20)19-10-6-16(2)7-11-19/h4-6,8,10-12,14,16,18,21H,7,9,13H2,1-3H3. The van der Waals surface area contributed by atoms with Crippen LogP contribution in [0.25, 0.3) is 0 Å². The van der Waals surface area contributed by atoms with Crippen molar-refractivity contribution in [3.63, 3.8) is 0 Å². The number of allylic oxidation sites excluding steroid dienone is 12. The third-order valence-corrected chi connectivity index (χ3v) is 4.83. The second-order valence-corrected chi connectivity index (χ2v) is 6.89. The molecule has 0 spiro atoms. The molecule has 3 aliphatic rings. The SMILES string of the molecule is CC1=CCC(C2=CC(C3=CCC(C)C=C3)CC(C)=C2)C=C1. The molecule has 0 amide bonds. The first-order chi connectivity index (χ1) is 10.1. The van der Waals surface area contributed by atoms with Crippen molar-refractivity contribution in [1.29, 1.82) is 0 Å². The van der Waals surface area contributed by atoms with Crippen LogP contribution < -0.4 is 0 Å². The molecule has 110 valence electrons. The van der Waals surface area contributed by atoms with E-state index in [9.17, 15) is 0 Å². The van der Waals surface area contributed by atoms with Crippen molar-refractivity contribution in [2.75, 3.05) is 0 Å². The van der Waals surface area contributed by atoms with Gasteiger partial charge in [-0.3, -0.25) is 0 Å². The van der Waals surface area contributed by atoms with Gasteiger partial charge in [0.25, 0.3) is 0 Å². The average molecular weight is 278 g/mol. The lowest BCUT2D eigenvalue weighted by Gasteiger charge is -2.27. The lowest BCUT2D eigenvalue weighted by Crippen LogP contribution is -2.12. The molecule has 0 fully saturated rings. The van der Waals surface area contributed by atoms with Crippen molar-refractivity contribution in [2.24, 2.45) is 17.8 Å². The van der Waals surface area contributed by atoms with Gasteiger partial charge in [0, 0.05) is 11.8 Å². The molecule has 0 heterocycles. The van der Waals surface area contributed by atoms with E-state index in [1.807, 2.05) is 0 Å². The van der Waals surface area contributed by atoms with Gasteiger partial charge in [-0.2, -0.15) is 0 Å². The summed E-state index contributed by atoms with van der Waals surface area (Å²) in [6, 6.07) is 0. The van der Waals surface area contributed by atoms with Crippen LogP contribution in [0.1, 0.15) is 40.0 Å². The van der Waals surface area contributed by atoms with Crippen LogP contribution in [-0.2, 0) is 0 Å². The topological polar surface area (TPSA) is 0 Å². The summed E-state index contributed by atoms with van der Waals surface area (Å²) in [5, 5.41) is 0. The van der Waals surface area contributed by atoms with Crippen molar-refractivity contribution in [3.8, 4) is 0 Å². The molecule has 0 aromatic carbocycles. The molecule has 0 aliphatic heterocycles. The average Bonchev–Trinajstić information content (AvgIpc) is 2.48. The van der Waals surface area contributed by atoms with Crippen LogP contribution in [0, 0.1) is 17.8 Å². The third-order valence-electron chi connectivity index (χ3n) is 4.83. The van der Waals surface area contributed by atoms with Crippen molar-refractivity contribution >= 4 is 0 Å². The molecule has 0 aromatic heterocycles. The van der Waals surface area contributed by atoms with Crippen molar-refractivity contribution in [1.82, 2.24) is 0 Å². The molecular weight excluding hydrogens is 252 g/mol. The van der Waals surface area contributed by atoms with Gasteiger partial charge in [0.2, 0.25) is 0 Å². The van der Waals surface area contributed by atoms with Crippen LogP contribution >= 0.6 is 0 Å². The molecule has 21 heavy (non-hydrogen) atoms. The third kappa shape index (κ3) is 3.37. The highest BCUT2D eigenvalue weighted by Gasteiger charge is 2.21. The maximum Gasteiger partial charge on any atom is 0.00579 e. The first-order valence-corrected chi connectivity index (χ1v) is 8.24. The Morgan fingerprint density at radius 1 is 0.905 bits per heavy atom. The van der Waals surface area contributed by atoms with E-state index in [1.54, 1.807) is 0 Å². The highest BCUT2D eigenvalue weighted by atomic mass is 14.3. The Kier molecular flexibility index (Phi) is 4.14. The van der Waals surface area contributed by atoms with E-state index in [1.165, 1.54) is 35.1 Å². The Bertz CT molecular complexity index is 590. The molecule has 0 nitrogen and oxygen atoms in total. The lowest BCUT2D eigenvalue weighted by atomic mass is 9.78. The minimum absolute atomic E-state index is 0.568. The van der Waals surface area contributed by atoms with Crippen LogP contribution in [0.4, 0.5) is 0 Å². The Balaban J connectivity index is 1.80. The Morgan fingerprint density at radius 2 is 1.76 bits per heavy atom. The summed E-state index contributed by atoms with van der Waals surface area (Å²) in [5.41, 5.74) is 5.94. The fraction of sp³-hybridized carbons (Fsp3) is 0.429. The van der Waals surface area contributed by atoms with E-state index in [4.69, 9.17) is 0 Å². The summed E-state index contributed by atoms with van der Waals surface area (Å²) in [5.74, 6) is 1.85. The summed E-state index contributed by atoms with van der Waals surface area (Å²) < 4.78 is 0. The number of hydrogen-bond acceptors (Lipinski definition) is 0. The van der Waals surface area contributed by atoms with Crippen LogP contribution in [0.2, 0.25) is 0 Å². The van der Waals surface area contributed by atoms with Crippen molar-refractivity contribution in [2.45, 2.75) is 40.0 Å². The van der Waals surface area contributed by atoms with Gasteiger partial charge in [0.15, 0.2) is 0 Å². The molecule has 0 radical (unpaired) electrons. The second-order valence-electron chi connectivity index (χ2n) is 6.89. The zero-order chi connectivity index (χ0) is 14.8. The molecule has 0 N–H and O–H groups in total. The van der Waals surface area contributed by atoms with E-state index >= 15 is 0 Å². The Hall–Kier alpha value is -1.56. The maximum atomic E-state index is 2.52. The van der Waals surface area contributed by atoms with Gasteiger partial charge < -0.3 is 0 Å². The highest BCUT2D eigenvalue weighted by Crippen LogP contribution is 2.36. The van der Waals surface area contributed by atoms with Crippen molar-refractivity contribution < 1.29 is 0 Å². The quantitative estimate of drug-likeness (QED) is 0.588. The molecule has 0 aromatic rings. The van der Waals surface area contributed by atoms with E-state index in [0.29, 0.717) is 17.8 Å². The molecule has 0 bridgehead atoms. The first kappa shape index (κ1) is 14.4. The predicted octanol–water partition coefficient (Wildman–Crippen LogP) is 5.92. The van der Waals surface area contributed by atoms with Crippen LogP contribution in [-0.4, -0.2) is 0 Å². The largest absolute Gasteiger partial charge is 0.0811 e. The number of rotatable bonds is 2. The van der Waals surface area contributed by atoms with Gasteiger partial charge in [-0.05, 0) is 50.2 Å². The van der Waals surface area contributed by atoms with E-state index < -0.39 is 0 Å². The monoisotopic (exact) mass is 278 g/mol. The van der Waals surface area contributed by atoms with Crippen LogP contribution in [0.15, 0.2) is 70.9 Å². The van der Waals surface area contributed by atoms with Gasteiger partial charge in [0.1, 0.15) is 0 Å². The molecular formula is C21H26. The van der Waals surface area contributed by atoms with Gasteiger partial charge in [-0.25, -0.2) is 0 Å². The summed E-state index contributed by atoms with van der Waals surface area (Å²) in [6.45, 7) is 6.76. The van der Waals surface area contributed by atoms with E-state index in [-0.39, 0.29) is 0 Å². The van der Waals surface area contributed by atoms with Gasteiger partial charge in [-0.15, -0.1) is 0 Å². The fourth-order valence-corrected chi connectivity index (χ4v) is 3.47. The molecule has 3 aliphatic carbocycles. The van der Waals surface area contributed by atoms with Gasteiger partial charge >= 0.3 is 0 Å². The lowest BCUT2D eigenvalue weighted by molar-refractivity contribution is 0.670. The van der Waals surface area contributed by atoms with E-state index in [2.05, 4.69) is 69.4 Å².